The van der Waals surface area contributed by atoms with Crippen molar-refractivity contribution in [1.82, 2.24) is 13.9 Å². The first kappa shape index (κ1) is 21.3. The van der Waals surface area contributed by atoms with E-state index < -0.39 is 10.0 Å². The highest BCUT2D eigenvalue weighted by Crippen LogP contribution is 2.30. The van der Waals surface area contributed by atoms with E-state index in [0.717, 1.165) is 35.7 Å². The second-order valence-corrected chi connectivity index (χ2v) is 9.88. The van der Waals surface area contributed by atoms with Crippen LogP contribution in [0.1, 0.15) is 25.6 Å². The fraction of sp³-hybridized carbons (Fsp3) is 0.364. The zero-order valence-electron chi connectivity index (χ0n) is 18.0. The van der Waals surface area contributed by atoms with Gasteiger partial charge < -0.3 is 14.8 Å². The lowest BCUT2D eigenvalue weighted by Crippen LogP contribution is -2.24. The fourth-order valence-corrected chi connectivity index (χ4v) is 4.88. The molecule has 2 aromatic carbocycles. The summed E-state index contributed by atoms with van der Waals surface area (Å²) in [5.41, 5.74) is 3.29. The fourth-order valence-electron chi connectivity index (χ4n) is 3.95. The molecule has 8 nitrogen and oxygen atoms in total. The van der Waals surface area contributed by atoms with Crippen LogP contribution in [-0.4, -0.2) is 48.8 Å². The van der Waals surface area contributed by atoms with Crippen LogP contribution in [0.5, 0.6) is 0 Å². The molecule has 164 valence electrons. The molecule has 0 spiro atoms. The second-order valence-electron chi connectivity index (χ2n) is 7.73. The van der Waals surface area contributed by atoms with Gasteiger partial charge in [0.05, 0.1) is 33.8 Å². The predicted molar refractivity (Wildman–Crippen MR) is 122 cm³/mol. The molecule has 4 rings (SSSR count). The van der Waals surface area contributed by atoms with Gasteiger partial charge in [-0.15, -0.1) is 0 Å². The van der Waals surface area contributed by atoms with Crippen molar-refractivity contribution in [3.8, 4) is 0 Å². The second kappa shape index (κ2) is 8.32. The van der Waals surface area contributed by atoms with Crippen LogP contribution in [0.2, 0.25) is 0 Å². The molecule has 1 saturated heterocycles. The molecule has 1 aliphatic heterocycles. The summed E-state index contributed by atoms with van der Waals surface area (Å²) in [4.78, 5) is 19.0. The smallest absolute Gasteiger partial charge is 0.242 e. The largest absolute Gasteiger partial charge is 0.376 e. The Morgan fingerprint density at radius 3 is 2.61 bits per heavy atom. The maximum atomic E-state index is 12.5. The van der Waals surface area contributed by atoms with Crippen LogP contribution in [0.25, 0.3) is 11.0 Å². The molecule has 9 heteroatoms. The van der Waals surface area contributed by atoms with Gasteiger partial charge in [-0.05, 0) is 43.7 Å². The third-order valence-corrected chi connectivity index (χ3v) is 7.41. The number of nitrogens with zero attached hydrogens (tertiary/aromatic N) is 4. The number of hydrogen-bond donors (Lipinski definition) is 1. The number of carbonyl (C=O) groups excluding carboxylic acids is 1. The number of nitrogens with one attached hydrogen (secondary N) is 1. The van der Waals surface area contributed by atoms with Crippen molar-refractivity contribution in [2.24, 2.45) is 0 Å². The Bertz CT molecular complexity index is 1230. The molecule has 1 N–H and O–H groups in total. The van der Waals surface area contributed by atoms with Gasteiger partial charge in [-0.2, -0.15) is 0 Å². The maximum Gasteiger partial charge on any atom is 0.242 e. The van der Waals surface area contributed by atoms with Crippen molar-refractivity contribution in [2.45, 2.75) is 37.8 Å². The van der Waals surface area contributed by atoms with E-state index >= 15 is 0 Å². The number of amides is 1. The highest BCUT2D eigenvalue weighted by Gasteiger charge is 2.24. The highest BCUT2D eigenvalue weighted by atomic mass is 32.2. The lowest BCUT2D eigenvalue weighted by atomic mass is 10.2. The number of rotatable bonds is 7. The first-order chi connectivity index (χ1) is 14.8. The first-order valence-electron chi connectivity index (χ1n) is 10.4. The van der Waals surface area contributed by atoms with Crippen LogP contribution in [0, 0.1) is 0 Å². The van der Waals surface area contributed by atoms with Crippen molar-refractivity contribution < 1.29 is 13.2 Å². The number of anilines is 2. The third-order valence-electron chi connectivity index (χ3n) is 5.60. The molecule has 1 aromatic heterocycles. The summed E-state index contributed by atoms with van der Waals surface area (Å²) in [5, 5.41) is 3.42. The minimum Gasteiger partial charge on any atom is -0.376 e. The van der Waals surface area contributed by atoms with Gasteiger partial charge in [-0.1, -0.05) is 12.1 Å². The highest BCUT2D eigenvalue weighted by molar-refractivity contribution is 7.89. The van der Waals surface area contributed by atoms with Gasteiger partial charge in [0.1, 0.15) is 5.82 Å². The number of imidazole rings is 1. The topological polar surface area (TPSA) is 87.5 Å². The van der Waals surface area contributed by atoms with Crippen LogP contribution in [-0.2, 0) is 27.9 Å². The van der Waals surface area contributed by atoms with Crippen molar-refractivity contribution in [2.75, 3.05) is 30.9 Å². The van der Waals surface area contributed by atoms with E-state index in [-0.39, 0.29) is 10.8 Å². The van der Waals surface area contributed by atoms with Gasteiger partial charge in [0, 0.05) is 33.6 Å². The monoisotopic (exact) mass is 441 g/mol. The maximum absolute atomic E-state index is 12.5. The molecule has 1 aliphatic rings. The normalized spacial score (nSPS) is 14.7. The third kappa shape index (κ3) is 3.90. The zero-order valence-corrected chi connectivity index (χ0v) is 18.8. The Morgan fingerprint density at radius 1 is 1.16 bits per heavy atom. The number of hydrogen-bond acceptors (Lipinski definition) is 5. The number of aromatic nitrogens is 2. The van der Waals surface area contributed by atoms with E-state index in [2.05, 4.69) is 9.88 Å². The minimum absolute atomic E-state index is 0.143. The Kier molecular flexibility index (Phi) is 5.72. The molecule has 2 heterocycles. The molecule has 0 radical (unpaired) electrons. The molecule has 0 bridgehead atoms. The van der Waals surface area contributed by atoms with Crippen molar-refractivity contribution >= 4 is 38.3 Å². The van der Waals surface area contributed by atoms with Crippen molar-refractivity contribution in [1.29, 1.82) is 0 Å². The minimum atomic E-state index is -3.52. The van der Waals surface area contributed by atoms with E-state index in [1.165, 1.54) is 18.4 Å². The van der Waals surface area contributed by atoms with Crippen molar-refractivity contribution in [3.05, 3.63) is 48.3 Å². The average Bonchev–Trinajstić information content (AvgIpc) is 3.34. The lowest BCUT2D eigenvalue weighted by molar-refractivity contribution is -0.117. The molecule has 3 aromatic rings. The van der Waals surface area contributed by atoms with E-state index in [4.69, 9.17) is 4.98 Å². The van der Waals surface area contributed by atoms with Crippen LogP contribution in [0.3, 0.4) is 0 Å². The van der Waals surface area contributed by atoms with E-state index in [0.29, 0.717) is 25.0 Å². The van der Waals surface area contributed by atoms with E-state index in [9.17, 15) is 13.2 Å². The lowest BCUT2D eigenvalue weighted by Gasteiger charge is -2.20. The van der Waals surface area contributed by atoms with Crippen molar-refractivity contribution in [3.63, 3.8) is 0 Å². The van der Waals surface area contributed by atoms with Crippen LogP contribution >= 0.6 is 0 Å². The first-order valence-corrected chi connectivity index (χ1v) is 11.8. The molecule has 31 heavy (non-hydrogen) atoms. The zero-order chi connectivity index (χ0) is 22.2. The summed E-state index contributed by atoms with van der Waals surface area (Å²) in [5.74, 6) is 0.948. The van der Waals surface area contributed by atoms with E-state index in [1.54, 1.807) is 12.1 Å². The van der Waals surface area contributed by atoms with Gasteiger partial charge in [-0.25, -0.2) is 17.7 Å². The standard InChI is InChI=1S/C22H27N5O3S/c1-4-26-20-12-11-16(31(29,30)25(2)3)14-18(20)24-21(26)15-23-17-8-5-6-9-19(17)27-13-7-10-22(27)28/h5-6,8-9,11-12,14,23H,4,7,10,13,15H2,1-3H3. The van der Waals surface area contributed by atoms with Gasteiger partial charge in [0.2, 0.25) is 15.9 Å². The number of fused-ring (bicyclic) bond motifs is 1. The molecular weight excluding hydrogens is 414 g/mol. The van der Waals surface area contributed by atoms with Gasteiger partial charge in [0.25, 0.3) is 0 Å². The summed E-state index contributed by atoms with van der Waals surface area (Å²) in [7, 11) is -0.491. The quantitative estimate of drug-likeness (QED) is 0.609. The van der Waals surface area contributed by atoms with Gasteiger partial charge in [0.15, 0.2) is 0 Å². The Hall–Kier alpha value is -2.91. The molecular formula is C22H27N5O3S. The molecule has 0 atom stereocenters. The predicted octanol–water partition coefficient (Wildman–Crippen LogP) is 3.05. The summed E-state index contributed by atoms with van der Waals surface area (Å²) in [6, 6.07) is 12.8. The summed E-state index contributed by atoms with van der Waals surface area (Å²) in [6.07, 6.45) is 1.45. The molecule has 0 saturated carbocycles. The molecule has 0 aliphatic carbocycles. The number of sulfonamides is 1. The van der Waals surface area contributed by atoms with Crippen LogP contribution < -0.4 is 10.2 Å². The molecule has 1 fully saturated rings. The number of benzene rings is 2. The Balaban J connectivity index is 1.65. The SMILES string of the molecule is CCn1c(CNc2ccccc2N2CCCC2=O)nc2cc(S(=O)(=O)N(C)C)ccc21. The summed E-state index contributed by atoms with van der Waals surface area (Å²) >= 11 is 0. The van der Waals surface area contributed by atoms with Crippen LogP contribution in [0.4, 0.5) is 11.4 Å². The molecule has 1 amide bonds. The number of carbonyl (C=O) groups is 1. The summed E-state index contributed by atoms with van der Waals surface area (Å²) < 4.78 is 28.2. The van der Waals surface area contributed by atoms with Crippen LogP contribution in [0.15, 0.2) is 47.4 Å². The van der Waals surface area contributed by atoms with Gasteiger partial charge in [-0.3, -0.25) is 4.79 Å². The van der Waals surface area contributed by atoms with Gasteiger partial charge >= 0.3 is 0 Å². The Labute approximate surface area is 182 Å². The number of para-hydroxylation sites is 2. The van der Waals surface area contributed by atoms with E-state index in [1.807, 2.05) is 42.2 Å². The Morgan fingerprint density at radius 2 is 1.94 bits per heavy atom. The average molecular weight is 442 g/mol. The summed E-state index contributed by atoms with van der Waals surface area (Å²) in [6.45, 7) is 3.93. The molecule has 0 unspecified atom stereocenters. The number of aryl methyl sites for hydroxylation is 1.